The van der Waals surface area contributed by atoms with E-state index >= 15 is 0 Å². The fourth-order valence-corrected chi connectivity index (χ4v) is 3.58. The third-order valence-electron chi connectivity index (χ3n) is 3.74. The molecule has 1 aliphatic heterocycles. The van der Waals surface area contributed by atoms with Crippen molar-refractivity contribution in [3.05, 3.63) is 30.5 Å². The standard InChI is InChI=1S/C16H21N3S/c1-19-10-4-8-16(19)17-9-5-11-20-15-12-18-14-7-3-2-6-13(14)15/h2-3,6-7,12,18H,4-5,8-11H2,1H3. The highest BCUT2D eigenvalue weighted by Gasteiger charge is 2.12. The minimum absolute atomic E-state index is 0.953. The number of thioether (sulfide) groups is 1. The summed E-state index contributed by atoms with van der Waals surface area (Å²) in [4.78, 5) is 11.7. The molecule has 1 aliphatic rings. The highest BCUT2D eigenvalue weighted by atomic mass is 32.2. The zero-order valence-corrected chi connectivity index (χ0v) is 12.7. The molecule has 0 radical (unpaired) electrons. The number of nitrogens with zero attached hydrogens (tertiary/aromatic N) is 2. The Morgan fingerprint density at radius 1 is 1.35 bits per heavy atom. The van der Waals surface area contributed by atoms with Gasteiger partial charge < -0.3 is 9.88 Å². The first-order valence-corrected chi connectivity index (χ1v) is 8.26. The van der Waals surface area contributed by atoms with Crippen molar-refractivity contribution in [2.24, 2.45) is 4.99 Å². The maximum absolute atomic E-state index is 4.71. The number of benzene rings is 1. The van der Waals surface area contributed by atoms with E-state index in [0.717, 1.165) is 25.1 Å². The van der Waals surface area contributed by atoms with Gasteiger partial charge in [-0.05, 0) is 24.7 Å². The first kappa shape index (κ1) is 13.6. The second-order valence-electron chi connectivity index (χ2n) is 5.22. The smallest absolute Gasteiger partial charge is 0.0986 e. The molecule has 20 heavy (non-hydrogen) atoms. The second-order valence-corrected chi connectivity index (χ2v) is 6.36. The third kappa shape index (κ3) is 3.01. The van der Waals surface area contributed by atoms with Gasteiger partial charge in [0.15, 0.2) is 0 Å². The Hall–Kier alpha value is -1.42. The molecule has 4 heteroatoms. The molecule has 0 spiro atoms. The second kappa shape index (κ2) is 6.35. The zero-order chi connectivity index (χ0) is 13.8. The Bertz CT molecular complexity index is 603. The van der Waals surface area contributed by atoms with Crippen molar-refractivity contribution in [3.8, 4) is 0 Å². The van der Waals surface area contributed by atoms with E-state index < -0.39 is 0 Å². The van der Waals surface area contributed by atoms with Crippen molar-refractivity contribution in [3.63, 3.8) is 0 Å². The average molecular weight is 287 g/mol. The number of nitrogens with one attached hydrogen (secondary N) is 1. The molecule has 3 nitrogen and oxygen atoms in total. The summed E-state index contributed by atoms with van der Waals surface area (Å²) in [6.07, 6.45) is 5.68. The van der Waals surface area contributed by atoms with Crippen molar-refractivity contribution in [1.29, 1.82) is 0 Å². The number of aromatic nitrogens is 1. The summed E-state index contributed by atoms with van der Waals surface area (Å²) in [7, 11) is 2.15. The van der Waals surface area contributed by atoms with E-state index in [1.54, 1.807) is 0 Å². The van der Waals surface area contributed by atoms with Gasteiger partial charge in [-0.3, -0.25) is 4.99 Å². The third-order valence-corrected chi connectivity index (χ3v) is 4.88. The van der Waals surface area contributed by atoms with Gasteiger partial charge in [0.2, 0.25) is 0 Å². The quantitative estimate of drug-likeness (QED) is 0.670. The highest BCUT2D eigenvalue weighted by molar-refractivity contribution is 7.99. The number of aromatic amines is 1. The van der Waals surface area contributed by atoms with Crippen LogP contribution in [-0.2, 0) is 0 Å². The summed E-state index contributed by atoms with van der Waals surface area (Å²) in [5, 5.41) is 1.33. The van der Waals surface area contributed by atoms with Gasteiger partial charge in [0.1, 0.15) is 0 Å². The molecular weight excluding hydrogens is 266 g/mol. The van der Waals surface area contributed by atoms with Crippen LogP contribution < -0.4 is 0 Å². The molecule has 1 N–H and O–H groups in total. The van der Waals surface area contributed by atoms with Gasteiger partial charge in [0.25, 0.3) is 0 Å². The van der Waals surface area contributed by atoms with Crippen LogP contribution in [0.3, 0.4) is 0 Å². The molecule has 1 fully saturated rings. The van der Waals surface area contributed by atoms with E-state index in [1.165, 1.54) is 34.6 Å². The Morgan fingerprint density at radius 3 is 3.10 bits per heavy atom. The number of rotatable bonds is 5. The minimum atomic E-state index is 0.953. The van der Waals surface area contributed by atoms with Gasteiger partial charge in [-0.15, -0.1) is 11.8 Å². The van der Waals surface area contributed by atoms with Crippen molar-refractivity contribution in [2.45, 2.75) is 24.2 Å². The fourth-order valence-electron chi connectivity index (χ4n) is 2.61. The summed E-state index contributed by atoms with van der Waals surface area (Å²) in [6, 6.07) is 8.48. The van der Waals surface area contributed by atoms with E-state index in [1.807, 2.05) is 11.8 Å². The fraction of sp³-hybridized carbons (Fsp3) is 0.438. The van der Waals surface area contributed by atoms with Gasteiger partial charge in [-0.2, -0.15) is 0 Å². The molecule has 1 saturated heterocycles. The molecule has 2 heterocycles. The Balaban J connectivity index is 1.48. The van der Waals surface area contributed by atoms with E-state index in [4.69, 9.17) is 4.99 Å². The lowest BCUT2D eigenvalue weighted by molar-refractivity contribution is 0.547. The van der Waals surface area contributed by atoms with Crippen LogP contribution in [0.4, 0.5) is 0 Å². The van der Waals surface area contributed by atoms with Crippen LogP contribution in [0.1, 0.15) is 19.3 Å². The van der Waals surface area contributed by atoms with Gasteiger partial charge in [0.05, 0.1) is 5.84 Å². The molecule has 1 aromatic heterocycles. The van der Waals surface area contributed by atoms with E-state index in [2.05, 4.69) is 47.4 Å². The van der Waals surface area contributed by atoms with Crippen molar-refractivity contribution >= 4 is 28.5 Å². The summed E-state index contributed by atoms with van der Waals surface area (Å²) in [5.74, 6) is 2.42. The molecule has 2 aromatic rings. The lowest BCUT2D eigenvalue weighted by Crippen LogP contribution is -2.19. The molecule has 0 aliphatic carbocycles. The number of para-hydroxylation sites is 1. The van der Waals surface area contributed by atoms with Crippen molar-refractivity contribution < 1.29 is 0 Å². The number of aliphatic imine (C=N–C) groups is 1. The number of hydrogen-bond donors (Lipinski definition) is 1. The average Bonchev–Trinajstić information content (AvgIpc) is 3.06. The number of fused-ring (bicyclic) bond motifs is 1. The van der Waals surface area contributed by atoms with Crippen LogP contribution in [0.15, 0.2) is 40.4 Å². The normalized spacial score (nSPS) is 17.4. The van der Waals surface area contributed by atoms with Gasteiger partial charge >= 0.3 is 0 Å². The SMILES string of the molecule is CN1CCCC1=NCCCSc1c[nH]c2ccccc12. The molecule has 1 aromatic carbocycles. The van der Waals surface area contributed by atoms with Crippen LogP contribution in [0.2, 0.25) is 0 Å². The molecule has 0 amide bonds. The monoisotopic (exact) mass is 287 g/mol. The molecule has 106 valence electrons. The molecule has 0 unspecified atom stereocenters. The Morgan fingerprint density at radius 2 is 2.25 bits per heavy atom. The summed E-state index contributed by atoms with van der Waals surface area (Å²) in [6.45, 7) is 2.12. The van der Waals surface area contributed by atoms with Crippen LogP contribution in [-0.4, -0.2) is 41.6 Å². The first-order valence-electron chi connectivity index (χ1n) is 7.28. The molecule has 0 atom stereocenters. The first-order chi connectivity index (χ1) is 9.84. The summed E-state index contributed by atoms with van der Waals surface area (Å²) in [5.41, 5.74) is 1.22. The Kier molecular flexibility index (Phi) is 4.31. The van der Waals surface area contributed by atoms with Crippen molar-refractivity contribution in [1.82, 2.24) is 9.88 Å². The highest BCUT2D eigenvalue weighted by Crippen LogP contribution is 2.27. The molecule has 0 saturated carbocycles. The summed E-state index contributed by atoms with van der Waals surface area (Å²) >= 11 is 1.93. The van der Waals surface area contributed by atoms with E-state index in [9.17, 15) is 0 Å². The lowest BCUT2D eigenvalue weighted by Gasteiger charge is -2.10. The Labute approximate surface area is 124 Å². The van der Waals surface area contributed by atoms with E-state index in [0.29, 0.717) is 0 Å². The van der Waals surface area contributed by atoms with Crippen molar-refractivity contribution in [2.75, 3.05) is 25.9 Å². The lowest BCUT2D eigenvalue weighted by atomic mass is 10.2. The van der Waals surface area contributed by atoms with Crippen LogP contribution >= 0.6 is 11.8 Å². The largest absolute Gasteiger partial charge is 0.363 e. The van der Waals surface area contributed by atoms with Gasteiger partial charge in [-0.1, -0.05) is 18.2 Å². The van der Waals surface area contributed by atoms with Gasteiger partial charge in [0, 0.05) is 48.6 Å². The number of amidine groups is 1. The number of H-pyrrole nitrogens is 1. The number of likely N-dealkylation sites (tertiary alicyclic amines) is 1. The van der Waals surface area contributed by atoms with Gasteiger partial charge in [-0.25, -0.2) is 0 Å². The van der Waals surface area contributed by atoms with Crippen LogP contribution in [0.5, 0.6) is 0 Å². The number of hydrogen-bond acceptors (Lipinski definition) is 2. The topological polar surface area (TPSA) is 31.4 Å². The molecule has 3 rings (SSSR count). The van der Waals surface area contributed by atoms with Crippen LogP contribution in [0, 0.1) is 0 Å². The van der Waals surface area contributed by atoms with E-state index in [-0.39, 0.29) is 0 Å². The van der Waals surface area contributed by atoms with Crippen LogP contribution in [0.25, 0.3) is 10.9 Å². The summed E-state index contributed by atoms with van der Waals surface area (Å²) < 4.78 is 0. The minimum Gasteiger partial charge on any atom is -0.363 e. The maximum Gasteiger partial charge on any atom is 0.0986 e. The molecular formula is C16H21N3S. The predicted molar refractivity (Wildman–Crippen MR) is 87.8 cm³/mol. The maximum atomic E-state index is 4.71. The predicted octanol–water partition coefficient (Wildman–Crippen LogP) is 3.77. The zero-order valence-electron chi connectivity index (χ0n) is 11.9. The molecule has 0 bridgehead atoms.